The highest BCUT2D eigenvalue weighted by molar-refractivity contribution is 7.09. The van der Waals surface area contributed by atoms with Crippen LogP contribution in [0.1, 0.15) is 23.1 Å². The Morgan fingerprint density at radius 1 is 1.46 bits per heavy atom. The van der Waals surface area contributed by atoms with E-state index in [4.69, 9.17) is 4.74 Å². The number of nitrogens with one attached hydrogen (secondary N) is 1. The summed E-state index contributed by atoms with van der Waals surface area (Å²) in [5, 5.41) is 5.05. The van der Waals surface area contributed by atoms with Gasteiger partial charge in [-0.3, -0.25) is 9.69 Å². The lowest BCUT2D eigenvalue weighted by molar-refractivity contribution is -0.122. The SMILES string of the molecule is CCOc1ncnc2c1CN(CC(=O)NCCc1cccs1)CC2. The van der Waals surface area contributed by atoms with Crippen molar-refractivity contribution >= 4 is 17.2 Å². The van der Waals surface area contributed by atoms with E-state index in [9.17, 15) is 4.79 Å². The van der Waals surface area contributed by atoms with Crippen molar-refractivity contribution in [1.82, 2.24) is 20.2 Å². The second kappa shape index (κ2) is 8.21. The van der Waals surface area contributed by atoms with E-state index in [0.29, 0.717) is 32.1 Å². The zero-order chi connectivity index (χ0) is 16.8. The molecule has 0 spiro atoms. The number of aromatic nitrogens is 2. The number of carbonyl (C=O) groups excluding carboxylic acids is 1. The Morgan fingerprint density at radius 3 is 3.17 bits per heavy atom. The number of amides is 1. The highest BCUT2D eigenvalue weighted by atomic mass is 32.1. The quantitative estimate of drug-likeness (QED) is 0.826. The third-order valence-electron chi connectivity index (χ3n) is 3.96. The van der Waals surface area contributed by atoms with E-state index in [0.717, 1.165) is 30.6 Å². The molecule has 128 valence electrons. The first-order valence-corrected chi connectivity index (χ1v) is 9.11. The number of carbonyl (C=O) groups is 1. The molecule has 3 rings (SSSR count). The molecule has 1 N–H and O–H groups in total. The van der Waals surface area contributed by atoms with E-state index in [1.54, 1.807) is 17.7 Å². The van der Waals surface area contributed by atoms with Crippen molar-refractivity contribution in [3.63, 3.8) is 0 Å². The zero-order valence-corrected chi connectivity index (χ0v) is 14.6. The lowest BCUT2D eigenvalue weighted by Crippen LogP contribution is -2.40. The number of hydrogen-bond donors (Lipinski definition) is 1. The number of hydrogen-bond acceptors (Lipinski definition) is 6. The summed E-state index contributed by atoms with van der Waals surface area (Å²) >= 11 is 1.72. The predicted molar refractivity (Wildman–Crippen MR) is 93.2 cm³/mol. The van der Waals surface area contributed by atoms with Gasteiger partial charge in [0.2, 0.25) is 11.8 Å². The molecule has 0 aromatic carbocycles. The second-order valence-corrected chi connectivity index (χ2v) is 6.71. The first-order valence-electron chi connectivity index (χ1n) is 8.23. The molecule has 3 heterocycles. The van der Waals surface area contributed by atoms with Gasteiger partial charge in [-0.25, -0.2) is 9.97 Å². The average molecular weight is 346 g/mol. The Morgan fingerprint density at radius 2 is 2.38 bits per heavy atom. The van der Waals surface area contributed by atoms with Gasteiger partial charge in [-0.15, -0.1) is 11.3 Å². The van der Waals surface area contributed by atoms with Gasteiger partial charge in [-0.2, -0.15) is 0 Å². The maximum absolute atomic E-state index is 12.2. The fourth-order valence-electron chi connectivity index (χ4n) is 2.81. The summed E-state index contributed by atoms with van der Waals surface area (Å²) in [6.45, 7) is 5.07. The molecule has 0 aliphatic carbocycles. The largest absolute Gasteiger partial charge is 0.478 e. The summed E-state index contributed by atoms with van der Waals surface area (Å²) in [7, 11) is 0. The molecule has 1 amide bonds. The third-order valence-corrected chi connectivity index (χ3v) is 4.90. The van der Waals surface area contributed by atoms with Crippen LogP contribution < -0.4 is 10.1 Å². The summed E-state index contributed by atoms with van der Waals surface area (Å²) in [6.07, 6.45) is 3.26. The number of thiophene rings is 1. The van der Waals surface area contributed by atoms with Crippen LogP contribution >= 0.6 is 11.3 Å². The van der Waals surface area contributed by atoms with Gasteiger partial charge in [-0.05, 0) is 24.8 Å². The lowest BCUT2D eigenvalue weighted by Gasteiger charge is -2.28. The fraction of sp³-hybridized carbons (Fsp3) is 0.471. The van der Waals surface area contributed by atoms with Crippen LogP contribution in [0.15, 0.2) is 23.8 Å². The summed E-state index contributed by atoms with van der Waals surface area (Å²) in [4.78, 5) is 24.1. The van der Waals surface area contributed by atoms with Gasteiger partial charge in [0.1, 0.15) is 6.33 Å². The number of ether oxygens (including phenoxy) is 1. The minimum Gasteiger partial charge on any atom is -0.478 e. The van der Waals surface area contributed by atoms with Crippen LogP contribution in [-0.4, -0.2) is 47.0 Å². The molecule has 0 unspecified atom stereocenters. The van der Waals surface area contributed by atoms with Crippen molar-refractivity contribution in [3.05, 3.63) is 40.0 Å². The monoisotopic (exact) mass is 346 g/mol. The molecule has 7 heteroatoms. The third kappa shape index (κ3) is 4.30. The Kier molecular flexibility index (Phi) is 5.77. The van der Waals surface area contributed by atoms with Crippen LogP contribution in [0.25, 0.3) is 0 Å². The van der Waals surface area contributed by atoms with Crippen LogP contribution in [0.2, 0.25) is 0 Å². The normalized spacial score (nSPS) is 14.2. The van der Waals surface area contributed by atoms with Gasteiger partial charge in [0.05, 0.1) is 18.8 Å². The van der Waals surface area contributed by atoms with Crippen molar-refractivity contribution in [1.29, 1.82) is 0 Å². The maximum atomic E-state index is 12.2. The first kappa shape index (κ1) is 16.9. The topological polar surface area (TPSA) is 67.4 Å². The van der Waals surface area contributed by atoms with Crippen molar-refractivity contribution in [3.8, 4) is 5.88 Å². The van der Waals surface area contributed by atoms with Gasteiger partial charge >= 0.3 is 0 Å². The van der Waals surface area contributed by atoms with Crippen molar-refractivity contribution in [2.45, 2.75) is 26.3 Å². The smallest absolute Gasteiger partial charge is 0.234 e. The summed E-state index contributed by atoms with van der Waals surface area (Å²) in [6, 6.07) is 4.12. The van der Waals surface area contributed by atoms with Gasteiger partial charge in [-0.1, -0.05) is 6.07 Å². The van der Waals surface area contributed by atoms with Crippen LogP contribution in [0.3, 0.4) is 0 Å². The highest BCUT2D eigenvalue weighted by Crippen LogP contribution is 2.24. The van der Waals surface area contributed by atoms with Crippen molar-refractivity contribution < 1.29 is 9.53 Å². The predicted octanol–water partition coefficient (Wildman–Crippen LogP) is 1.65. The molecule has 0 saturated heterocycles. The Labute approximate surface area is 145 Å². The molecule has 0 atom stereocenters. The van der Waals surface area contributed by atoms with Crippen molar-refractivity contribution in [2.75, 3.05) is 26.2 Å². The van der Waals surface area contributed by atoms with Crippen LogP contribution in [0.5, 0.6) is 5.88 Å². The highest BCUT2D eigenvalue weighted by Gasteiger charge is 2.23. The van der Waals surface area contributed by atoms with Gasteiger partial charge in [0.15, 0.2) is 0 Å². The molecule has 0 bridgehead atoms. The van der Waals surface area contributed by atoms with E-state index < -0.39 is 0 Å². The van der Waals surface area contributed by atoms with Gasteiger partial charge in [0.25, 0.3) is 0 Å². The standard InChI is InChI=1S/C17H22N4O2S/c1-2-23-17-14-10-21(8-6-15(14)19-12-20-17)11-16(22)18-7-5-13-4-3-9-24-13/h3-4,9,12H,2,5-8,10-11H2,1H3,(H,18,22). The summed E-state index contributed by atoms with van der Waals surface area (Å²) < 4.78 is 5.59. The number of rotatable bonds is 7. The van der Waals surface area contributed by atoms with Crippen LogP contribution in [-0.2, 0) is 24.2 Å². The number of nitrogens with zero attached hydrogens (tertiary/aromatic N) is 3. The van der Waals surface area contributed by atoms with Crippen LogP contribution in [0, 0.1) is 0 Å². The van der Waals surface area contributed by atoms with E-state index in [1.807, 2.05) is 13.0 Å². The van der Waals surface area contributed by atoms with Crippen LogP contribution in [0.4, 0.5) is 0 Å². The molecule has 1 aliphatic rings. The zero-order valence-electron chi connectivity index (χ0n) is 13.8. The Balaban J connectivity index is 1.50. The minimum absolute atomic E-state index is 0.0600. The first-order chi connectivity index (χ1) is 11.8. The molecular formula is C17H22N4O2S. The average Bonchev–Trinajstić information content (AvgIpc) is 3.09. The molecule has 0 radical (unpaired) electrons. The maximum Gasteiger partial charge on any atom is 0.234 e. The van der Waals surface area contributed by atoms with E-state index in [-0.39, 0.29) is 5.91 Å². The molecule has 6 nitrogen and oxygen atoms in total. The van der Waals surface area contributed by atoms with E-state index in [2.05, 4.69) is 31.6 Å². The molecule has 24 heavy (non-hydrogen) atoms. The molecule has 0 fully saturated rings. The minimum atomic E-state index is 0.0600. The molecule has 2 aromatic heterocycles. The van der Waals surface area contributed by atoms with E-state index >= 15 is 0 Å². The fourth-order valence-corrected chi connectivity index (χ4v) is 3.52. The molecule has 2 aromatic rings. The molecular weight excluding hydrogens is 324 g/mol. The van der Waals surface area contributed by atoms with Gasteiger partial charge in [0, 0.05) is 36.5 Å². The Bertz CT molecular complexity index is 675. The summed E-state index contributed by atoms with van der Waals surface area (Å²) in [5.74, 6) is 0.704. The van der Waals surface area contributed by atoms with Gasteiger partial charge < -0.3 is 10.1 Å². The Hall–Kier alpha value is -1.99. The summed E-state index contributed by atoms with van der Waals surface area (Å²) in [5.41, 5.74) is 2.04. The number of fused-ring (bicyclic) bond motifs is 1. The second-order valence-electron chi connectivity index (χ2n) is 5.68. The lowest BCUT2D eigenvalue weighted by atomic mass is 10.1. The molecule has 1 aliphatic heterocycles. The van der Waals surface area contributed by atoms with E-state index in [1.165, 1.54) is 4.88 Å². The van der Waals surface area contributed by atoms with Crippen molar-refractivity contribution in [2.24, 2.45) is 0 Å². The molecule has 0 saturated carbocycles.